The zero-order chi connectivity index (χ0) is 24.7. The number of benzene rings is 2. The number of carbonyl (C=O) groups is 1. The molecule has 1 aliphatic carbocycles. The molecule has 0 radical (unpaired) electrons. The fourth-order valence-electron chi connectivity index (χ4n) is 4.63. The first kappa shape index (κ1) is 25.6. The largest absolute Gasteiger partial charge is 0.494 e. The maximum absolute atomic E-state index is 11.7. The van der Waals surface area contributed by atoms with E-state index in [0.717, 1.165) is 54.7 Å². The molecule has 0 atom stereocenters. The van der Waals surface area contributed by atoms with Crippen LogP contribution in [0.5, 0.6) is 5.75 Å². The Morgan fingerprint density at radius 1 is 1.12 bits per heavy atom. The zero-order valence-electron chi connectivity index (χ0n) is 20.8. The van der Waals surface area contributed by atoms with Crippen molar-refractivity contribution in [3.63, 3.8) is 0 Å². The Morgan fingerprint density at radius 3 is 2.32 bits per heavy atom. The van der Waals surface area contributed by atoms with Crippen molar-refractivity contribution in [2.45, 2.75) is 71.5 Å². The molecule has 2 N–H and O–H groups in total. The predicted molar refractivity (Wildman–Crippen MR) is 135 cm³/mol. The summed E-state index contributed by atoms with van der Waals surface area (Å²) in [6.07, 6.45) is 3.31. The zero-order valence-corrected chi connectivity index (χ0v) is 20.8. The third-order valence-corrected chi connectivity index (χ3v) is 6.62. The Morgan fingerprint density at radius 2 is 1.76 bits per heavy atom. The molecule has 34 heavy (non-hydrogen) atoms. The van der Waals surface area contributed by atoms with Gasteiger partial charge < -0.3 is 20.1 Å². The number of amides is 1. The highest BCUT2D eigenvalue weighted by molar-refractivity contribution is 5.67. The van der Waals surface area contributed by atoms with Crippen molar-refractivity contribution >= 4 is 6.09 Å². The average Bonchev–Trinajstić information content (AvgIpc) is 2.82. The maximum Gasteiger partial charge on any atom is 0.407 e. The lowest BCUT2D eigenvalue weighted by Crippen LogP contribution is -2.48. The van der Waals surface area contributed by atoms with Crippen molar-refractivity contribution in [2.24, 2.45) is 5.92 Å². The van der Waals surface area contributed by atoms with Gasteiger partial charge in [0.25, 0.3) is 0 Å². The summed E-state index contributed by atoms with van der Waals surface area (Å²) in [7, 11) is 0. The van der Waals surface area contributed by atoms with E-state index in [2.05, 4.69) is 23.5 Å². The molecular weight excluding hydrogens is 426 g/mol. The molecule has 3 rings (SSSR count). The molecule has 2 aromatic rings. The van der Waals surface area contributed by atoms with Gasteiger partial charge in [0.05, 0.1) is 18.2 Å². The van der Waals surface area contributed by atoms with Gasteiger partial charge in [-0.15, -0.1) is 0 Å². The Bertz CT molecular complexity index is 997. The lowest BCUT2D eigenvalue weighted by molar-refractivity contribution is 0.0812. The van der Waals surface area contributed by atoms with E-state index in [0.29, 0.717) is 30.7 Å². The smallest absolute Gasteiger partial charge is 0.407 e. The Balaban J connectivity index is 1.61. The second-order valence-corrected chi connectivity index (χ2v) is 10.1. The summed E-state index contributed by atoms with van der Waals surface area (Å²) in [5, 5.41) is 22.3. The van der Waals surface area contributed by atoms with Crippen LogP contribution < -0.4 is 10.1 Å². The number of ether oxygens (including phenoxy) is 1. The highest BCUT2D eigenvalue weighted by Gasteiger charge is 2.30. The molecule has 1 fully saturated rings. The Kier molecular flexibility index (Phi) is 8.57. The number of nitrogens with zero attached hydrogens (tertiary/aromatic N) is 2. The summed E-state index contributed by atoms with van der Waals surface area (Å²) in [4.78, 5) is 13.3. The van der Waals surface area contributed by atoms with Crippen molar-refractivity contribution in [2.75, 3.05) is 13.2 Å². The van der Waals surface area contributed by atoms with Crippen LogP contribution in [0.4, 0.5) is 4.79 Å². The molecule has 0 unspecified atom stereocenters. The van der Waals surface area contributed by atoms with Crippen LogP contribution in [0.2, 0.25) is 0 Å². The number of hydrogen-bond donors (Lipinski definition) is 2. The summed E-state index contributed by atoms with van der Waals surface area (Å²) in [5.41, 5.74) is 3.57. The van der Waals surface area contributed by atoms with E-state index < -0.39 is 6.09 Å². The molecule has 0 bridgehead atoms. The van der Waals surface area contributed by atoms with Crippen LogP contribution in [0.1, 0.15) is 64.5 Å². The molecule has 1 aliphatic rings. The van der Waals surface area contributed by atoms with Gasteiger partial charge in [0.1, 0.15) is 5.75 Å². The molecule has 2 aromatic carbocycles. The van der Waals surface area contributed by atoms with Gasteiger partial charge >= 0.3 is 6.09 Å². The van der Waals surface area contributed by atoms with Crippen molar-refractivity contribution in [1.29, 1.82) is 5.26 Å². The maximum atomic E-state index is 11.7. The molecule has 6 heteroatoms. The summed E-state index contributed by atoms with van der Waals surface area (Å²) < 4.78 is 5.88. The van der Waals surface area contributed by atoms with Gasteiger partial charge in [-0.05, 0) is 94.7 Å². The molecule has 182 valence electrons. The summed E-state index contributed by atoms with van der Waals surface area (Å²) in [6, 6.07) is 16.5. The second kappa shape index (κ2) is 11.4. The van der Waals surface area contributed by atoms with Crippen LogP contribution in [0.25, 0.3) is 11.1 Å². The van der Waals surface area contributed by atoms with Crippen molar-refractivity contribution in [3.8, 4) is 22.9 Å². The third-order valence-electron chi connectivity index (χ3n) is 6.62. The predicted octanol–water partition coefficient (Wildman–Crippen LogP) is 6.05. The second-order valence-electron chi connectivity index (χ2n) is 10.1. The van der Waals surface area contributed by atoms with Crippen LogP contribution in [0.15, 0.2) is 42.5 Å². The third kappa shape index (κ3) is 6.74. The van der Waals surface area contributed by atoms with E-state index in [1.54, 1.807) is 4.90 Å². The lowest BCUT2D eigenvalue weighted by Gasteiger charge is -2.38. The molecule has 6 nitrogen and oxygen atoms in total. The highest BCUT2D eigenvalue weighted by atomic mass is 16.5. The first-order chi connectivity index (χ1) is 16.2. The molecule has 1 amide bonds. The molecule has 0 aliphatic heterocycles. The van der Waals surface area contributed by atoms with E-state index in [9.17, 15) is 9.90 Å². The summed E-state index contributed by atoms with van der Waals surface area (Å²) in [5.74, 6) is 1.30. The summed E-state index contributed by atoms with van der Waals surface area (Å²) in [6.45, 7) is 9.79. The van der Waals surface area contributed by atoms with Gasteiger partial charge in [-0.1, -0.05) is 18.2 Å². The fourth-order valence-corrected chi connectivity index (χ4v) is 4.63. The van der Waals surface area contributed by atoms with Crippen LogP contribution in [-0.4, -0.2) is 40.8 Å². The van der Waals surface area contributed by atoms with Gasteiger partial charge in [-0.25, -0.2) is 4.79 Å². The van der Waals surface area contributed by atoms with E-state index in [1.807, 2.05) is 58.0 Å². The molecule has 0 spiro atoms. The van der Waals surface area contributed by atoms with Gasteiger partial charge in [-0.3, -0.25) is 0 Å². The minimum absolute atomic E-state index is 0.378. The number of nitrogens with one attached hydrogen (secondary N) is 1. The van der Waals surface area contributed by atoms with Gasteiger partial charge in [0.2, 0.25) is 0 Å². The van der Waals surface area contributed by atoms with Crippen LogP contribution in [0, 0.1) is 17.2 Å². The fraction of sp³-hybridized carbons (Fsp3) is 0.500. The van der Waals surface area contributed by atoms with Crippen molar-refractivity contribution < 1.29 is 14.6 Å². The first-order valence-electron chi connectivity index (χ1n) is 12.2. The van der Waals surface area contributed by atoms with E-state index in [4.69, 9.17) is 10.00 Å². The minimum Gasteiger partial charge on any atom is -0.494 e. The van der Waals surface area contributed by atoms with Crippen molar-refractivity contribution in [3.05, 3.63) is 53.6 Å². The lowest BCUT2D eigenvalue weighted by atomic mass is 9.85. The quantitative estimate of drug-likeness (QED) is 0.498. The summed E-state index contributed by atoms with van der Waals surface area (Å²) >= 11 is 0. The van der Waals surface area contributed by atoms with Crippen molar-refractivity contribution in [1.82, 2.24) is 10.2 Å². The first-order valence-corrected chi connectivity index (χ1v) is 12.2. The highest BCUT2D eigenvalue weighted by Crippen LogP contribution is 2.30. The number of nitriles is 1. The van der Waals surface area contributed by atoms with Gasteiger partial charge in [0.15, 0.2) is 0 Å². The average molecular weight is 464 g/mol. The monoisotopic (exact) mass is 463 g/mol. The Hall–Kier alpha value is -3.04. The number of carboxylic acid groups (broad SMARTS) is 1. The molecule has 0 heterocycles. The Labute approximate surface area is 203 Å². The topological polar surface area (TPSA) is 85.6 Å². The van der Waals surface area contributed by atoms with Crippen LogP contribution >= 0.6 is 0 Å². The molecule has 0 saturated heterocycles. The van der Waals surface area contributed by atoms with Gasteiger partial charge in [-0.2, -0.15) is 5.26 Å². The molecule has 0 aromatic heterocycles. The van der Waals surface area contributed by atoms with E-state index in [1.165, 1.54) is 0 Å². The molecular formula is C28H37N3O3. The number of hydrogen-bond acceptors (Lipinski definition) is 4. The number of rotatable bonds is 8. The SMILES string of the molecule is CCOc1ccc(-c2ccc(C#N)cc2)cc1CNC1CCC(CN(C(=O)O)C(C)(C)C)CC1. The van der Waals surface area contributed by atoms with E-state index >= 15 is 0 Å². The van der Waals surface area contributed by atoms with E-state index in [-0.39, 0.29) is 5.54 Å². The molecule has 1 saturated carbocycles. The van der Waals surface area contributed by atoms with Crippen LogP contribution in [0.3, 0.4) is 0 Å². The minimum atomic E-state index is -0.835. The standard InChI is InChI=1S/C28H37N3O3/c1-5-34-26-15-12-23(22-10-6-20(17-29)7-11-22)16-24(26)18-30-25-13-8-21(9-14-25)19-31(27(32)33)28(2,3)4/h6-7,10-12,15-16,21,25,30H,5,8-9,13-14,18-19H2,1-4H3,(H,32,33). The normalized spacial score (nSPS) is 18.2. The van der Waals surface area contributed by atoms with Crippen LogP contribution in [-0.2, 0) is 6.54 Å². The van der Waals surface area contributed by atoms with Gasteiger partial charge in [0, 0.05) is 30.2 Å².